The largest absolute Gasteiger partial charge is 0.331 e. The highest BCUT2D eigenvalue weighted by molar-refractivity contribution is 5.92. The van der Waals surface area contributed by atoms with E-state index in [1.807, 2.05) is 42.8 Å². The summed E-state index contributed by atoms with van der Waals surface area (Å²) in [6.07, 6.45) is 0.283. The zero-order valence-corrected chi connectivity index (χ0v) is 13.0. The molecule has 0 bridgehead atoms. The van der Waals surface area contributed by atoms with Crippen molar-refractivity contribution in [2.24, 2.45) is 7.05 Å². The van der Waals surface area contributed by atoms with E-state index < -0.39 is 0 Å². The van der Waals surface area contributed by atoms with Crippen molar-refractivity contribution in [3.63, 3.8) is 0 Å². The smallest absolute Gasteiger partial charge is 0.228 e. The molecule has 23 heavy (non-hydrogen) atoms. The molecule has 1 amide bonds. The van der Waals surface area contributed by atoms with Crippen LogP contribution in [-0.2, 0) is 18.3 Å². The summed E-state index contributed by atoms with van der Waals surface area (Å²) in [4.78, 5) is 16.6. The van der Waals surface area contributed by atoms with E-state index in [4.69, 9.17) is 5.26 Å². The lowest BCUT2D eigenvalue weighted by Gasteiger charge is -2.05. The quantitative estimate of drug-likeness (QED) is 0.808. The van der Waals surface area contributed by atoms with Crippen LogP contribution in [0.4, 0.5) is 5.69 Å². The third-order valence-corrected chi connectivity index (χ3v) is 3.83. The van der Waals surface area contributed by atoms with Gasteiger partial charge in [0, 0.05) is 12.7 Å². The van der Waals surface area contributed by atoms with E-state index in [9.17, 15) is 4.79 Å². The number of carbonyl (C=O) groups excluding carboxylic acids is 1. The average Bonchev–Trinajstić information content (AvgIpc) is 2.82. The van der Waals surface area contributed by atoms with E-state index in [0.717, 1.165) is 22.4 Å². The number of imidazole rings is 1. The Labute approximate surface area is 134 Å². The Hall–Kier alpha value is -3.13. The highest BCUT2D eigenvalue weighted by Crippen LogP contribution is 2.17. The maximum Gasteiger partial charge on any atom is 0.228 e. The second-order valence-corrected chi connectivity index (χ2v) is 5.46. The molecule has 0 saturated heterocycles. The molecule has 1 aromatic heterocycles. The van der Waals surface area contributed by atoms with Crippen LogP contribution >= 0.6 is 0 Å². The first-order valence-electron chi connectivity index (χ1n) is 7.29. The molecule has 1 heterocycles. The number of aryl methyl sites for hydroxylation is 2. The molecule has 0 aliphatic carbocycles. The van der Waals surface area contributed by atoms with Gasteiger partial charge in [0.15, 0.2) is 0 Å². The van der Waals surface area contributed by atoms with E-state index >= 15 is 0 Å². The first kappa shape index (κ1) is 14.8. The second kappa shape index (κ2) is 5.93. The van der Waals surface area contributed by atoms with Crippen LogP contribution < -0.4 is 5.32 Å². The lowest BCUT2D eigenvalue weighted by molar-refractivity contribution is -0.115. The van der Waals surface area contributed by atoms with E-state index in [1.165, 1.54) is 0 Å². The lowest BCUT2D eigenvalue weighted by Crippen LogP contribution is -2.14. The van der Waals surface area contributed by atoms with E-state index in [-0.39, 0.29) is 12.3 Å². The van der Waals surface area contributed by atoms with Gasteiger partial charge in [0.05, 0.1) is 29.1 Å². The van der Waals surface area contributed by atoms with Crippen molar-refractivity contribution in [3.8, 4) is 6.07 Å². The van der Waals surface area contributed by atoms with Gasteiger partial charge in [-0.05, 0) is 48.9 Å². The minimum atomic E-state index is -0.0956. The van der Waals surface area contributed by atoms with Crippen LogP contribution in [0.2, 0.25) is 0 Å². The summed E-state index contributed by atoms with van der Waals surface area (Å²) in [5.74, 6) is 0.848. The minimum absolute atomic E-state index is 0.0956. The van der Waals surface area contributed by atoms with Gasteiger partial charge in [-0.25, -0.2) is 4.98 Å². The fourth-order valence-electron chi connectivity index (χ4n) is 2.49. The molecule has 0 fully saturated rings. The Morgan fingerprint density at radius 2 is 2.00 bits per heavy atom. The van der Waals surface area contributed by atoms with E-state index in [2.05, 4.69) is 10.3 Å². The number of amides is 1. The Bertz CT molecular complexity index is 917. The summed E-state index contributed by atoms with van der Waals surface area (Å²) in [6, 6.07) is 14.7. The Kier molecular flexibility index (Phi) is 3.82. The van der Waals surface area contributed by atoms with Crippen molar-refractivity contribution in [2.45, 2.75) is 13.3 Å². The standard InChI is InChI=1S/C18H16N4O/c1-12-20-16-9-14(5-8-17(16)22(12)2)10-18(23)21-15-6-3-13(11-19)4-7-15/h3-9H,10H2,1-2H3,(H,21,23). The number of rotatable bonds is 3. The fourth-order valence-corrected chi connectivity index (χ4v) is 2.49. The molecule has 0 unspecified atom stereocenters. The monoisotopic (exact) mass is 304 g/mol. The molecule has 0 radical (unpaired) electrons. The van der Waals surface area contributed by atoms with Crippen molar-refractivity contribution in [2.75, 3.05) is 5.32 Å². The predicted molar refractivity (Wildman–Crippen MR) is 88.9 cm³/mol. The molecule has 0 spiro atoms. The third-order valence-electron chi connectivity index (χ3n) is 3.83. The molecular weight excluding hydrogens is 288 g/mol. The molecule has 3 rings (SSSR count). The van der Waals surface area contributed by atoms with Crippen LogP contribution in [0.1, 0.15) is 17.0 Å². The number of nitrogens with zero attached hydrogens (tertiary/aromatic N) is 3. The molecule has 0 atom stereocenters. The highest BCUT2D eigenvalue weighted by atomic mass is 16.1. The van der Waals surface area contributed by atoms with Crippen LogP contribution in [0.5, 0.6) is 0 Å². The van der Waals surface area contributed by atoms with E-state index in [0.29, 0.717) is 11.3 Å². The number of aromatic nitrogens is 2. The molecule has 0 saturated carbocycles. The first-order chi connectivity index (χ1) is 11.1. The topological polar surface area (TPSA) is 70.7 Å². The Balaban J connectivity index is 1.73. The van der Waals surface area contributed by atoms with Gasteiger partial charge in [-0.2, -0.15) is 5.26 Å². The summed E-state index contributed by atoms with van der Waals surface area (Å²) in [6.45, 7) is 1.96. The summed E-state index contributed by atoms with van der Waals surface area (Å²) < 4.78 is 2.02. The Morgan fingerprint density at radius 3 is 2.70 bits per heavy atom. The summed E-state index contributed by atoms with van der Waals surface area (Å²) in [5.41, 5.74) is 4.12. The van der Waals surface area contributed by atoms with Crippen molar-refractivity contribution in [3.05, 3.63) is 59.4 Å². The fraction of sp³-hybridized carbons (Fsp3) is 0.167. The van der Waals surface area contributed by atoms with Crippen LogP contribution in [0, 0.1) is 18.3 Å². The normalized spacial score (nSPS) is 10.5. The van der Waals surface area contributed by atoms with Gasteiger partial charge >= 0.3 is 0 Å². The van der Waals surface area contributed by atoms with Gasteiger partial charge in [-0.1, -0.05) is 6.07 Å². The number of benzene rings is 2. The van der Waals surface area contributed by atoms with Crippen molar-refractivity contribution in [1.82, 2.24) is 9.55 Å². The number of hydrogen-bond acceptors (Lipinski definition) is 3. The summed E-state index contributed by atoms with van der Waals surface area (Å²) in [7, 11) is 1.97. The number of carbonyl (C=O) groups is 1. The third kappa shape index (κ3) is 3.06. The van der Waals surface area contributed by atoms with Gasteiger partial charge in [-0.3, -0.25) is 4.79 Å². The van der Waals surface area contributed by atoms with Crippen molar-refractivity contribution in [1.29, 1.82) is 5.26 Å². The molecule has 0 aliphatic rings. The van der Waals surface area contributed by atoms with Crippen LogP contribution in [0.25, 0.3) is 11.0 Å². The van der Waals surface area contributed by atoms with Crippen molar-refractivity contribution >= 4 is 22.6 Å². The number of nitrogens with one attached hydrogen (secondary N) is 1. The van der Waals surface area contributed by atoms with Gasteiger partial charge in [-0.15, -0.1) is 0 Å². The number of fused-ring (bicyclic) bond motifs is 1. The van der Waals surface area contributed by atoms with Gasteiger partial charge in [0.25, 0.3) is 0 Å². The zero-order chi connectivity index (χ0) is 16.4. The number of anilines is 1. The molecule has 5 heteroatoms. The van der Waals surface area contributed by atoms with Crippen LogP contribution in [-0.4, -0.2) is 15.5 Å². The van der Waals surface area contributed by atoms with Gasteiger partial charge < -0.3 is 9.88 Å². The maximum absolute atomic E-state index is 12.1. The molecule has 3 aromatic rings. The van der Waals surface area contributed by atoms with Crippen LogP contribution in [0.15, 0.2) is 42.5 Å². The minimum Gasteiger partial charge on any atom is -0.331 e. The first-order valence-corrected chi connectivity index (χ1v) is 7.29. The molecule has 2 aromatic carbocycles. The molecule has 0 aliphatic heterocycles. The van der Waals surface area contributed by atoms with E-state index in [1.54, 1.807) is 24.3 Å². The molecule has 1 N–H and O–H groups in total. The molecule has 5 nitrogen and oxygen atoms in total. The molecule has 114 valence electrons. The average molecular weight is 304 g/mol. The van der Waals surface area contributed by atoms with Gasteiger partial charge in [0.1, 0.15) is 5.82 Å². The number of hydrogen-bond donors (Lipinski definition) is 1. The summed E-state index contributed by atoms with van der Waals surface area (Å²) in [5, 5.41) is 11.6. The predicted octanol–water partition coefficient (Wildman–Crippen LogP) is 2.93. The second-order valence-electron chi connectivity index (χ2n) is 5.46. The Morgan fingerprint density at radius 1 is 1.26 bits per heavy atom. The molecular formula is C18H16N4O. The zero-order valence-electron chi connectivity index (χ0n) is 13.0. The SMILES string of the molecule is Cc1nc2cc(CC(=O)Nc3ccc(C#N)cc3)ccc2n1C. The lowest BCUT2D eigenvalue weighted by atomic mass is 10.1. The van der Waals surface area contributed by atoms with Crippen LogP contribution in [0.3, 0.4) is 0 Å². The maximum atomic E-state index is 12.1. The summed E-state index contributed by atoms with van der Waals surface area (Å²) >= 11 is 0. The highest BCUT2D eigenvalue weighted by Gasteiger charge is 2.08. The number of nitriles is 1. The van der Waals surface area contributed by atoms with Gasteiger partial charge in [0.2, 0.25) is 5.91 Å². The van der Waals surface area contributed by atoms with Crippen molar-refractivity contribution < 1.29 is 4.79 Å².